The summed E-state index contributed by atoms with van der Waals surface area (Å²) in [6.45, 7) is 5.28. The predicted molar refractivity (Wildman–Crippen MR) is 205 cm³/mol. The van der Waals surface area contributed by atoms with Crippen LogP contribution in [0, 0.1) is 24.5 Å². The summed E-state index contributed by atoms with van der Waals surface area (Å²) in [7, 11) is -1.76. The summed E-state index contributed by atoms with van der Waals surface area (Å²) in [6, 6.07) is 8.93. The van der Waals surface area contributed by atoms with Crippen molar-refractivity contribution in [2.24, 2.45) is 13.0 Å². The number of ether oxygens (including phenoxy) is 1. The monoisotopic (exact) mass is 806 g/mol. The molecule has 0 saturated carbocycles. The third-order valence-electron chi connectivity index (χ3n) is 11.2. The number of hydrogen-bond donors (Lipinski definition) is 2. The highest BCUT2D eigenvalue weighted by Gasteiger charge is 2.35. The van der Waals surface area contributed by atoms with Gasteiger partial charge in [-0.05, 0) is 94.4 Å². The van der Waals surface area contributed by atoms with Gasteiger partial charge in [-0.15, -0.1) is 0 Å². The van der Waals surface area contributed by atoms with Crippen LogP contribution in [0.15, 0.2) is 53.7 Å². The van der Waals surface area contributed by atoms with Crippen LogP contribution in [0.1, 0.15) is 55.7 Å². The lowest BCUT2D eigenvalue weighted by atomic mass is 9.89. The van der Waals surface area contributed by atoms with Crippen LogP contribution in [0.4, 0.5) is 14.5 Å². The number of rotatable bonds is 9. The second kappa shape index (κ2) is 15.2. The van der Waals surface area contributed by atoms with Crippen molar-refractivity contribution in [1.29, 1.82) is 0 Å². The number of halogens is 3. The number of amides is 2. The van der Waals surface area contributed by atoms with Crippen molar-refractivity contribution < 1.29 is 31.5 Å². The summed E-state index contributed by atoms with van der Waals surface area (Å²) in [5.74, 6) is -2.03. The number of piperidine rings is 3. The standard InChI is InChI=1S/C39H41ClF2N8O5S/c1-22-29(21-48(2)47-22)37-45-35-36(30(40)19-43-38(35)46-37)55-25-3-5-26(6-4-25)56(53,54)27-11-13-49(14-12-27)20-23-9-15-50(16-10-23)24-17-31(41)34(32(42)18-24)28-7-8-33(51)44-39(28)52/h3-6,17-19,21,23,27-28H,7-16,20H2,1-2H3,(H,43,45,46)(H,44,51,52)/t28-/m1/s1. The van der Waals surface area contributed by atoms with Gasteiger partial charge in [0.2, 0.25) is 11.8 Å². The number of H-pyrrole nitrogens is 1. The fraction of sp³-hybridized carbons (Fsp3) is 0.410. The number of aromatic amines is 1. The van der Waals surface area contributed by atoms with Gasteiger partial charge in [-0.2, -0.15) is 5.10 Å². The van der Waals surface area contributed by atoms with Crippen LogP contribution in [0.25, 0.3) is 22.6 Å². The first kappa shape index (κ1) is 38.0. The van der Waals surface area contributed by atoms with Crippen molar-refractivity contribution >= 4 is 50.1 Å². The third kappa shape index (κ3) is 7.49. The summed E-state index contributed by atoms with van der Waals surface area (Å²) in [4.78, 5) is 40.4. The number of pyridine rings is 1. The number of likely N-dealkylation sites (tertiary alicyclic amines) is 1. The molecular formula is C39H41ClF2N8O5S. The topological polar surface area (TPSA) is 155 Å². The molecule has 2 N–H and O–H groups in total. The van der Waals surface area contributed by atoms with Gasteiger partial charge in [-0.3, -0.25) is 19.6 Å². The van der Waals surface area contributed by atoms with E-state index in [4.69, 9.17) is 16.3 Å². The molecule has 0 bridgehead atoms. The van der Waals surface area contributed by atoms with E-state index in [-0.39, 0.29) is 28.3 Å². The first-order valence-corrected chi connectivity index (χ1v) is 20.6. The number of carbonyl (C=O) groups excluding carboxylic acids is 2. The lowest BCUT2D eigenvalue weighted by molar-refractivity contribution is -0.134. The van der Waals surface area contributed by atoms with E-state index in [1.54, 1.807) is 28.9 Å². The summed E-state index contributed by atoms with van der Waals surface area (Å²) >= 11 is 6.50. The molecule has 5 aromatic rings. The molecule has 1 atom stereocenters. The number of imidazole rings is 1. The zero-order valence-electron chi connectivity index (χ0n) is 30.9. The van der Waals surface area contributed by atoms with E-state index in [9.17, 15) is 18.0 Å². The Morgan fingerprint density at radius 3 is 2.32 bits per heavy atom. The second-order valence-corrected chi connectivity index (χ2v) is 17.5. The SMILES string of the molecule is Cc1nn(C)cc1-c1nc2ncc(Cl)c(Oc3ccc(S(=O)(=O)C4CCN(CC5CCN(c6cc(F)c([C@H]7CCC(=O)NC7=O)c(F)c6)CC5)CC4)cc3)c2[nH]1. The molecule has 6 heterocycles. The van der Waals surface area contributed by atoms with Crippen LogP contribution >= 0.6 is 11.6 Å². The average molecular weight is 807 g/mol. The number of carbonyl (C=O) groups is 2. The zero-order valence-corrected chi connectivity index (χ0v) is 32.5. The van der Waals surface area contributed by atoms with Crippen molar-refractivity contribution in [1.82, 2.24) is 34.9 Å². The number of aryl methyl sites for hydroxylation is 2. The molecule has 0 aliphatic carbocycles. The van der Waals surface area contributed by atoms with Crippen LogP contribution in [0.5, 0.6) is 11.5 Å². The van der Waals surface area contributed by atoms with E-state index in [0.717, 1.165) is 30.6 Å². The number of hydrogen-bond acceptors (Lipinski definition) is 10. The van der Waals surface area contributed by atoms with Crippen molar-refractivity contribution in [3.8, 4) is 22.9 Å². The molecule has 3 aromatic heterocycles. The summed E-state index contributed by atoms with van der Waals surface area (Å²) < 4.78 is 65.6. The quantitative estimate of drug-likeness (QED) is 0.168. The average Bonchev–Trinajstić information content (AvgIpc) is 3.76. The Bertz CT molecular complexity index is 2400. The minimum atomic E-state index is -3.59. The van der Waals surface area contributed by atoms with Gasteiger partial charge in [-0.25, -0.2) is 27.2 Å². The van der Waals surface area contributed by atoms with Gasteiger partial charge in [0, 0.05) is 50.6 Å². The molecule has 2 aromatic carbocycles. The Morgan fingerprint density at radius 1 is 0.982 bits per heavy atom. The predicted octanol–water partition coefficient (Wildman–Crippen LogP) is 6.07. The lowest BCUT2D eigenvalue weighted by Gasteiger charge is -2.38. The molecule has 3 aliphatic rings. The largest absolute Gasteiger partial charge is 0.453 e. The minimum Gasteiger partial charge on any atom is -0.453 e. The van der Waals surface area contributed by atoms with Gasteiger partial charge in [0.05, 0.1) is 33.5 Å². The molecule has 56 heavy (non-hydrogen) atoms. The van der Waals surface area contributed by atoms with Crippen molar-refractivity contribution in [3.05, 3.63) is 76.7 Å². The highest BCUT2D eigenvalue weighted by atomic mass is 35.5. The highest BCUT2D eigenvalue weighted by molar-refractivity contribution is 7.92. The molecule has 3 aliphatic heterocycles. The Morgan fingerprint density at radius 2 is 1.68 bits per heavy atom. The van der Waals surface area contributed by atoms with Gasteiger partial charge in [-0.1, -0.05) is 11.6 Å². The van der Waals surface area contributed by atoms with Crippen molar-refractivity contribution in [2.45, 2.75) is 61.5 Å². The molecule has 13 nitrogen and oxygen atoms in total. The molecular weight excluding hydrogens is 766 g/mol. The Labute approximate surface area is 327 Å². The molecule has 2 amide bonds. The maximum atomic E-state index is 15.1. The molecule has 8 rings (SSSR count). The summed E-state index contributed by atoms with van der Waals surface area (Å²) in [6.07, 6.45) is 6.12. The van der Waals surface area contributed by atoms with Crippen molar-refractivity contribution in [2.75, 3.05) is 37.6 Å². The van der Waals surface area contributed by atoms with E-state index in [2.05, 4.69) is 30.3 Å². The normalized spacial score (nSPS) is 19.2. The fourth-order valence-electron chi connectivity index (χ4n) is 8.18. The maximum Gasteiger partial charge on any atom is 0.234 e. The van der Waals surface area contributed by atoms with Gasteiger partial charge in [0.1, 0.15) is 33.7 Å². The zero-order chi connectivity index (χ0) is 39.3. The molecule has 294 valence electrons. The second-order valence-electron chi connectivity index (χ2n) is 14.9. The molecule has 17 heteroatoms. The molecule has 3 saturated heterocycles. The lowest BCUT2D eigenvalue weighted by Crippen LogP contribution is -2.44. The Hall–Kier alpha value is -4.93. The van der Waals surface area contributed by atoms with Crippen LogP contribution in [0.3, 0.4) is 0 Å². The first-order chi connectivity index (χ1) is 26.8. The number of anilines is 1. The number of aromatic nitrogens is 5. The summed E-state index contributed by atoms with van der Waals surface area (Å²) in [5, 5.41) is 6.31. The van der Waals surface area contributed by atoms with Gasteiger partial charge in [0.25, 0.3) is 0 Å². The van der Waals surface area contributed by atoms with Gasteiger partial charge < -0.3 is 19.5 Å². The summed E-state index contributed by atoms with van der Waals surface area (Å²) in [5.41, 5.74) is 2.69. The third-order valence-corrected chi connectivity index (χ3v) is 13.7. The number of nitrogens with zero attached hydrogens (tertiary/aromatic N) is 6. The van der Waals surface area contributed by atoms with Crippen LogP contribution in [-0.4, -0.2) is 87.8 Å². The number of sulfone groups is 1. The van der Waals surface area contributed by atoms with Gasteiger partial charge >= 0.3 is 0 Å². The molecule has 0 unspecified atom stereocenters. The number of fused-ring (bicyclic) bond motifs is 1. The Kier molecular flexibility index (Phi) is 10.3. The fourth-order valence-corrected chi connectivity index (χ4v) is 10.1. The smallest absolute Gasteiger partial charge is 0.234 e. The molecule has 0 radical (unpaired) electrons. The van der Waals surface area contributed by atoms with E-state index < -0.39 is 44.5 Å². The maximum absolute atomic E-state index is 15.1. The van der Waals surface area contributed by atoms with Crippen molar-refractivity contribution in [3.63, 3.8) is 0 Å². The minimum absolute atomic E-state index is 0.0402. The van der Waals surface area contributed by atoms with E-state index in [0.29, 0.717) is 79.1 Å². The van der Waals surface area contributed by atoms with Crippen LogP contribution in [0.2, 0.25) is 5.02 Å². The number of nitrogens with one attached hydrogen (secondary N) is 2. The number of benzene rings is 2. The van der Waals surface area contributed by atoms with E-state index in [1.165, 1.54) is 18.3 Å². The van der Waals surface area contributed by atoms with Crippen LogP contribution < -0.4 is 15.0 Å². The first-order valence-electron chi connectivity index (χ1n) is 18.7. The van der Waals surface area contributed by atoms with Crippen LogP contribution in [-0.2, 0) is 26.5 Å². The number of imide groups is 1. The van der Waals surface area contributed by atoms with E-state index >= 15 is 8.78 Å². The molecule has 0 spiro atoms. The highest BCUT2D eigenvalue weighted by Crippen LogP contribution is 2.38. The van der Waals surface area contributed by atoms with E-state index in [1.807, 2.05) is 25.1 Å². The van der Waals surface area contributed by atoms with Gasteiger partial charge in [0.15, 0.2) is 21.2 Å². The molecule has 3 fully saturated rings. The Balaban J connectivity index is 0.843.